The summed E-state index contributed by atoms with van der Waals surface area (Å²) in [6.45, 7) is 0. The van der Waals surface area contributed by atoms with E-state index in [-0.39, 0.29) is 0 Å². The second-order valence-electron chi connectivity index (χ2n) is 13.8. The maximum Gasteiger partial charge on any atom is 0.101 e. The molecule has 56 heavy (non-hydrogen) atoms. The molecule has 0 fully saturated rings. The molecule has 0 radical (unpaired) electrons. The van der Waals surface area contributed by atoms with Gasteiger partial charge >= 0.3 is 0 Å². The number of benzene rings is 8. The molecule has 0 bridgehead atoms. The number of rotatable bonds is 5. The van der Waals surface area contributed by atoms with Gasteiger partial charge in [-0.05, 0) is 82.9 Å². The van der Waals surface area contributed by atoms with E-state index in [0.717, 1.165) is 88.4 Å². The van der Waals surface area contributed by atoms with Crippen LogP contribution in [0.2, 0.25) is 0 Å². The Bertz CT molecular complexity index is 3340. The van der Waals surface area contributed by atoms with Crippen molar-refractivity contribution in [3.05, 3.63) is 193 Å². The lowest BCUT2D eigenvalue weighted by atomic mass is 9.88. The Morgan fingerprint density at radius 3 is 1.46 bits per heavy atom. The predicted octanol–water partition coefficient (Wildman–Crippen LogP) is 12.5. The highest BCUT2D eigenvalue weighted by atomic mass is 15.0. The summed E-state index contributed by atoms with van der Waals surface area (Å²) in [7, 11) is 0. The average molecular weight is 712 g/mol. The average Bonchev–Trinajstić information content (AvgIpc) is 3.79. The molecule has 0 aliphatic carbocycles. The first-order valence-corrected chi connectivity index (χ1v) is 18.4. The molecule has 5 nitrogen and oxygen atoms in total. The van der Waals surface area contributed by atoms with Crippen molar-refractivity contribution in [2.24, 2.45) is 0 Å². The van der Waals surface area contributed by atoms with Crippen LogP contribution in [0.4, 0.5) is 0 Å². The van der Waals surface area contributed by atoms with Crippen molar-refractivity contribution >= 4 is 43.6 Å². The number of fused-ring (bicyclic) bond motifs is 6. The maximum atomic E-state index is 10.3. The van der Waals surface area contributed by atoms with Crippen LogP contribution in [-0.4, -0.2) is 9.13 Å². The Morgan fingerprint density at radius 2 is 0.821 bits per heavy atom. The minimum atomic E-state index is 0.591. The molecule has 0 saturated carbocycles. The molecular formula is C51H29N5. The summed E-state index contributed by atoms with van der Waals surface area (Å²) in [4.78, 5) is 0. The third kappa shape index (κ3) is 4.92. The van der Waals surface area contributed by atoms with Gasteiger partial charge in [-0.1, -0.05) is 115 Å². The Morgan fingerprint density at radius 1 is 0.339 bits per heavy atom. The Hall–Kier alpha value is -8.17. The van der Waals surface area contributed by atoms with E-state index in [1.165, 1.54) is 0 Å². The molecule has 0 N–H and O–H groups in total. The van der Waals surface area contributed by atoms with Crippen molar-refractivity contribution in [2.45, 2.75) is 0 Å². The van der Waals surface area contributed by atoms with E-state index < -0.39 is 0 Å². The van der Waals surface area contributed by atoms with Crippen LogP contribution in [0.1, 0.15) is 16.7 Å². The number of aromatic nitrogens is 2. The van der Waals surface area contributed by atoms with Crippen LogP contribution in [0.5, 0.6) is 0 Å². The minimum Gasteiger partial charge on any atom is -0.309 e. The number of para-hydroxylation sites is 4. The van der Waals surface area contributed by atoms with E-state index in [0.29, 0.717) is 16.7 Å². The molecule has 5 heteroatoms. The van der Waals surface area contributed by atoms with Crippen molar-refractivity contribution in [1.82, 2.24) is 9.13 Å². The zero-order chi connectivity index (χ0) is 37.8. The molecule has 0 aliphatic rings. The van der Waals surface area contributed by atoms with Crippen LogP contribution >= 0.6 is 0 Å². The van der Waals surface area contributed by atoms with E-state index in [1.54, 1.807) is 0 Å². The van der Waals surface area contributed by atoms with Crippen LogP contribution in [0.15, 0.2) is 176 Å². The van der Waals surface area contributed by atoms with Gasteiger partial charge in [-0.3, -0.25) is 0 Å². The van der Waals surface area contributed by atoms with Gasteiger partial charge in [0.15, 0.2) is 0 Å². The van der Waals surface area contributed by atoms with E-state index in [1.807, 2.05) is 66.7 Å². The first kappa shape index (κ1) is 32.5. The number of nitrogens with zero attached hydrogens (tertiary/aromatic N) is 5. The van der Waals surface area contributed by atoms with E-state index in [4.69, 9.17) is 0 Å². The van der Waals surface area contributed by atoms with Crippen LogP contribution < -0.4 is 0 Å². The van der Waals surface area contributed by atoms with Crippen molar-refractivity contribution in [3.63, 3.8) is 0 Å². The molecule has 10 rings (SSSR count). The summed E-state index contributed by atoms with van der Waals surface area (Å²) in [5.41, 5.74) is 14.0. The van der Waals surface area contributed by atoms with Crippen molar-refractivity contribution in [1.29, 1.82) is 15.8 Å². The zero-order valence-corrected chi connectivity index (χ0v) is 30.0. The standard InChI is InChI=1S/C51H29N5/c52-30-33-23-26-36(27-24-33)55-49-28-25-34(31-53)29-46(49)45-20-10-17-42(50(45)55)39-14-4-2-12-37(39)38-13-3-5-15-40(38)43-18-9-19-44-41-16-6-8-22-48(41)56(51(43)44)47-21-7-1-11-35(47)32-54/h1-29H. The number of nitriles is 3. The molecule has 0 atom stereocenters. The van der Waals surface area contributed by atoms with Crippen molar-refractivity contribution in [2.75, 3.05) is 0 Å². The molecule has 0 spiro atoms. The van der Waals surface area contributed by atoms with Crippen LogP contribution in [-0.2, 0) is 0 Å². The number of hydrogen-bond acceptors (Lipinski definition) is 3. The summed E-state index contributed by atoms with van der Waals surface area (Å²) in [6.07, 6.45) is 0. The molecular weight excluding hydrogens is 683 g/mol. The first-order valence-electron chi connectivity index (χ1n) is 18.4. The quantitative estimate of drug-likeness (QED) is 0.178. The fraction of sp³-hybridized carbons (Fsp3) is 0. The molecule has 2 heterocycles. The summed E-state index contributed by atoms with van der Waals surface area (Å²) in [5, 5.41) is 34.0. The largest absolute Gasteiger partial charge is 0.309 e. The molecule has 8 aromatic carbocycles. The third-order valence-electron chi connectivity index (χ3n) is 10.9. The molecule has 10 aromatic rings. The molecule has 0 saturated heterocycles. The summed E-state index contributed by atoms with van der Waals surface area (Å²) >= 11 is 0. The second kappa shape index (κ2) is 13.0. The minimum absolute atomic E-state index is 0.591. The van der Waals surface area contributed by atoms with Gasteiger partial charge in [-0.2, -0.15) is 15.8 Å². The van der Waals surface area contributed by atoms with Crippen LogP contribution in [0.25, 0.3) is 88.4 Å². The van der Waals surface area contributed by atoms with Gasteiger partial charge < -0.3 is 9.13 Å². The smallest absolute Gasteiger partial charge is 0.101 e. The Balaban J connectivity index is 1.26. The van der Waals surface area contributed by atoms with Gasteiger partial charge in [-0.25, -0.2) is 0 Å². The molecule has 0 unspecified atom stereocenters. The molecule has 0 amide bonds. The van der Waals surface area contributed by atoms with Crippen molar-refractivity contribution in [3.8, 4) is 63.0 Å². The fourth-order valence-electron chi connectivity index (χ4n) is 8.46. The van der Waals surface area contributed by atoms with Gasteiger partial charge in [-0.15, -0.1) is 0 Å². The summed E-state index contributed by atoms with van der Waals surface area (Å²) in [6, 6.07) is 66.7. The lowest BCUT2D eigenvalue weighted by molar-refractivity contribution is 1.17. The second-order valence-corrected chi connectivity index (χ2v) is 13.8. The van der Waals surface area contributed by atoms with E-state index >= 15 is 0 Å². The van der Waals surface area contributed by atoms with Crippen molar-refractivity contribution < 1.29 is 0 Å². The van der Waals surface area contributed by atoms with Crippen LogP contribution in [0.3, 0.4) is 0 Å². The first-order chi connectivity index (χ1) is 27.7. The summed E-state index contributed by atoms with van der Waals surface area (Å²) in [5.74, 6) is 0. The van der Waals surface area contributed by atoms with Gasteiger partial charge in [0.1, 0.15) is 6.07 Å². The monoisotopic (exact) mass is 711 g/mol. The lowest BCUT2D eigenvalue weighted by Gasteiger charge is -2.18. The van der Waals surface area contributed by atoms with Gasteiger partial charge in [0.05, 0.1) is 56.6 Å². The Kier molecular flexibility index (Phi) is 7.57. The topological polar surface area (TPSA) is 81.2 Å². The predicted molar refractivity (Wildman–Crippen MR) is 226 cm³/mol. The normalized spacial score (nSPS) is 11.2. The molecule has 0 aliphatic heterocycles. The SMILES string of the molecule is N#Cc1ccc(-n2c3ccc(C#N)cc3c3cccc(-c4ccccc4-c4ccccc4-c4cccc5c6ccccc6n(-c6ccccc6C#N)c45)c32)cc1. The van der Waals surface area contributed by atoms with Crippen LogP contribution in [0, 0.1) is 34.0 Å². The van der Waals surface area contributed by atoms with E-state index in [9.17, 15) is 15.8 Å². The number of hydrogen-bond donors (Lipinski definition) is 0. The molecule has 2 aromatic heterocycles. The highest BCUT2D eigenvalue weighted by Gasteiger charge is 2.22. The Labute approximate surface area is 323 Å². The van der Waals surface area contributed by atoms with E-state index in [2.05, 4.69) is 137 Å². The zero-order valence-electron chi connectivity index (χ0n) is 30.0. The third-order valence-corrected chi connectivity index (χ3v) is 10.9. The maximum absolute atomic E-state index is 10.3. The van der Waals surface area contributed by atoms with Gasteiger partial charge in [0, 0.05) is 38.4 Å². The summed E-state index contributed by atoms with van der Waals surface area (Å²) < 4.78 is 4.49. The highest BCUT2D eigenvalue weighted by molar-refractivity contribution is 6.17. The molecule has 258 valence electrons. The fourth-order valence-corrected chi connectivity index (χ4v) is 8.46. The van der Waals surface area contributed by atoms with Gasteiger partial charge in [0.25, 0.3) is 0 Å². The van der Waals surface area contributed by atoms with Gasteiger partial charge in [0.2, 0.25) is 0 Å². The lowest BCUT2D eigenvalue weighted by Crippen LogP contribution is -1.99. The highest BCUT2D eigenvalue weighted by Crippen LogP contribution is 2.46.